The van der Waals surface area contributed by atoms with E-state index in [0.717, 1.165) is 25.7 Å². The van der Waals surface area contributed by atoms with E-state index in [9.17, 15) is 34.8 Å². The first-order valence-electron chi connectivity index (χ1n) is 14.2. The van der Waals surface area contributed by atoms with E-state index in [-0.39, 0.29) is 61.2 Å². The topological polar surface area (TPSA) is 162 Å². The van der Waals surface area contributed by atoms with E-state index in [4.69, 9.17) is 9.84 Å². The van der Waals surface area contributed by atoms with Gasteiger partial charge in [-0.1, -0.05) is 19.4 Å². The molecular weight excluding hydrogens is 492 g/mol. The molecule has 4 unspecified atom stereocenters. The SMILES string of the molecule is C[C@]12CCC(=O)C=C1CCC1C2C(O)C[C@@]2(C)C1CC[C@]2(O)CCC(=O)OCC[C@H](O)C[C@H](O)CC(=O)O. The fourth-order valence-electron chi connectivity index (χ4n) is 8.60. The van der Waals surface area contributed by atoms with Crippen LogP contribution in [0.4, 0.5) is 0 Å². The number of carbonyl (C=O) groups excluding carboxylic acids is 2. The Morgan fingerprint density at radius 2 is 1.87 bits per heavy atom. The lowest BCUT2D eigenvalue weighted by molar-refractivity contribution is -0.176. The quantitative estimate of drug-likeness (QED) is 0.264. The number of hydrogen-bond acceptors (Lipinski definition) is 8. The van der Waals surface area contributed by atoms with Gasteiger partial charge in [-0.25, -0.2) is 0 Å². The average molecular weight is 537 g/mol. The summed E-state index contributed by atoms with van der Waals surface area (Å²) in [5.74, 6) is -0.884. The third kappa shape index (κ3) is 5.44. The van der Waals surface area contributed by atoms with Crippen LogP contribution in [0.25, 0.3) is 0 Å². The van der Waals surface area contributed by atoms with Gasteiger partial charge in [0.1, 0.15) is 0 Å². The van der Waals surface area contributed by atoms with Crippen LogP contribution in [0.3, 0.4) is 0 Å². The molecule has 0 aliphatic heterocycles. The minimum Gasteiger partial charge on any atom is -0.481 e. The van der Waals surface area contributed by atoms with Gasteiger partial charge in [-0.05, 0) is 80.6 Å². The van der Waals surface area contributed by atoms with Gasteiger partial charge in [0.15, 0.2) is 5.78 Å². The largest absolute Gasteiger partial charge is 0.481 e. The highest BCUT2D eigenvalue weighted by Crippen LogP contribution is 2.68. The molecule has 0 aromatic heterocycles. The standard InChI is InChI=1S/C29H44O9/c1-27-9-5-18(30)13-17(27)3-4-21-22-6-10-29(37,28(22,2)16-23(33)26(21)27)11-7-25(36)38-12-8-19(31)14-20(32)15-24(34)35/h13,19-23,26,31-33,37H,3-12,14-16H2,1-2H3,(H,34,35)/t19-,20-,21?,22?,23?,26?,27-,28-,29-/m0/s1. The van der Waals surface area contributed by atoms with Crippen molar-refractivity contribution in [1.82, 2.24) is 0 Å². The van der Waals surface area contributed by atoms with Gasteiger partial charge in [-0.3, -0.25) is 14.4 Å². The minimum atomic E-state index is -1.16. The molecule has 5 N–H and O–H groups in total. The molecule has 214 valence electrons. The van der Waals surface area contributed by atoms with Crippen LogP contribution >= 0.6 is 0 Å². The van der Waals surface area contributed by atoms with Crippen LogP contribution in [0.1, 0.15) is 90.9 Å². The van der Waals surface area contributed by atoms with E-state index < -0.39 is 47.7 Å². The summed E-state index contributed by atoms with van der Waals surface area (Å²) in [6.07, 6.45) is 3.77. The highest BCUT2D eigenvalue weighted by atomic mass is 16.5. The van der Waals surface area contributed by atoms with Crippen molar-refractivity contribution >= 4 is 17.7 Å². The van der Waals surface area contributed by atoms with E-state index in [1.807, 2.05) is 6.08 Å². The maximum atomic E-state index is 12.4. The lowest BCUT2D eigenvalue weighted by Gasteiger charge is -2.60. The molecule has 9 heteroatoms. The summed E-state index contributed by atoms with van der Waals surface area (Å²) in [5.41, 5.74) is -0.624. The molecule has 0 saturated heterocycles. The molecule has 0 amide bonds. The van der Waals surface area contributed by atoms with Crippen molar-refractivity contribution in [3.05, 3.63) is 11.6 Å². The fourth-order valence-corrected chi connectivity index (χ4v) is 8.60. The Balaban J connectivity index is 1.33. The normalized spacial score (nSPS) is 39.8. The van der Waals surface area contributed by atoms with Crippen molar-refractivity contribution in [2.45, 2.75) is 115 Å². The number of aliphatic carboxylic acids is 1. The third-order valence-corrected chi connectivity index (χ3v) is 10.6. The van der Waals surface area contributed by atoms with Crippen molar-refractivity contribution in [3.8, 4) is 0 Å². The zero-order chi connectivity index (χ0) is 27.9. The number of aliphatic hydroxyl groups excluding tert-OH is 3. The van der Waals surface area contributed by atoms with Crippen molar-refractivity contribution in [3.63, 3.8) is 0 Å². The zero-order valence-corrected chi connectivity index (χ0v) is 22.6. The molecule has 0 aromatic carbocycles. The van der Waals surface area contributed by atoms with Crippen LogP contribution in [-0.4, -0.2) is 73.8 Å². The first-order chi connectivity index (χ1) is 17.8. The van der Waals surface area contributed by atoms with Crippen LogP contribution < -0.4 is 0 Å². The second-order valence-electron chi connectivity index (χ2n) is 12.8. The van der Waals surface area contributed by atoms with Crippen LogP contribution in [-0.2, 0) is 19.1 Å². The smallest absolute Gasteiger partial charge is 0.305 e. The van der Waals surface area contributed by atoms with Crippen molar-refractivity contribution in [2.24, 2.45) is 28.6 Å². The molecule has 3 fully saturated rings. The number of carboxylic acid groups (broad SMARTS) is 1. The van der Waals surface area contributed by atoms with Crippen LogP contribution in [0.15, 0.2) is 11.6 Å². The third-order valence-electron chi connectivity index (χ3n) is 10.6. The Hall–Kier alpha value is -1.81. The van der Waals surface area contributed by atoms with Gasteiger partial charge in [0.25, 0.3) is 0 Å². The lowest BCUT2D eigenvalue weighted by atomic mass is 9.45. The molecule has 4 rings (SSSR count). The Bertz CT molecular complexity index is 962. The number of hydrogen-bond donors (Lipinski definition) is 5. The van der Waals surface area contributed by atoms with Crippen molar-refractivity contribution in [1.29, 1.82) is 0 Å². The second-order valence-corrected chi connectivity index (χ2v) is 12.8. The zero-order valence-electron chi connectivity index (χ0n) is 22.6. The molecule has 0 aromatic rings. The highest BCUT2D eigenvalue weighted by molar-refractivity contribution is 5.91. The number of rotatable bonds is 10. The van der Waals surface area contributed by atoms with Crippen LogP contribution in [0.5, 0.6) is 0 Å². The maximum Gasteiger partial charge on any atom is 0.305 e. The summed E-state index contributed by atoms with van der Waals surface area (Å²) in [5, 5.41) is 51.6. The van der Waals surface area contributed by atoms with Gasteiger partial charge >= 0.3 is 11.9 Å². The number of aliphatic hydroxyl groups is 4. The van der Waals surface area contributed by atoms with Gasteiger partial charge in [-0.2, -0.15) is 0 Å². The summed E-state index contributed by atoms with van der Waals surface area (Å²) in [4.78, 5) is 35.1. The molecule has 3 saturated carbocycles. The number of ketones is 1. The predicted molar refractivity (Wildman–Crippen MR) is 137 cm³/mol. The summed E-state index contributed by atoms with van der Waals surface area (Å²) >= 11 is 0. The Morgan fingerprint density at radius 1 is 1.13 bits per heavy atom. The van der Waals surface area contributed by atoms with Crippen molar-refractivity contribution < 1.29 is 44.7 Å². The maximum absolute atomic E-state index is 12.4. The minimum absolute atomic E-state index is 0.0213. The van der Waals surface area contributed by atoms with Gasteiger partial charge in [0.05, 0.1) is 36.9 Å². The van der Waals surface area contributed by atoms with Gasteiger partial charge in [0, 0.05) is 24.7 Å². The second kappa shape index (κ2) is 11.0. The monoisotopic (exact) mass is 536 g/mol. The molecule has 0 radical (unpaired) electrons. The summed E-state index contributed by atoms with van der Waals surface area (Å²) < 4.78 is 5.25. The number of ether oxygens (including phenoxy) is 1. The number of carboxylic acids is 1. The molecule has 4 aliphatic carbocycles. The molecule has 0 heterocycles. The van der Waals surface area contributed by atoms with E-state index in [2.05, 4.69) is 13.8 Å². The Kier molecular flexibility index (Phi) is 8.44. The first-order valence-corrected chi connectivity index (χ1v) is 14.2. The van der Waals surface area contributed by atoms with E-state index in [0.29, 0.717) is 19.3 Å². The molecule has 9 nitrogen and oxygen atoms in total. The van der Waals surface area contributed by atoms with Gasteiger partial charge < -0.3 is 30.3 Å². The number of allylic oxidation sites excluding steroid dienone is 1. The lowest BCUT2D eigenvalue weighted by Crippen LogP contribution is -2.59. The molecule has 4 aliphatic rings. The Labute approximate surface area is 224 Å². The van der Waals surface area contributed by atoms with E-state index in [1.165, 1.54) is 5.57 Å². The van der Waals surface area contributed by atoms with Crippen LogP contribution in [0.2, 0.25) is 0 Å². The van der Waals surface area contributed by atoms with Crippen LogP contribution in [0, 0.1) is 28.6 Å². The predicted octanol–water partition coefficient (Wildman–Crippen LogP) is 2.52. The molecule has 9 atom stereocenters. The molecular formula is C29H44O9. The number of carbonyl (C=O) groups is 3. The highest BCUT2D eigenvalue weighted by Gasteiger charge is 2.66. The van der Waals surface area contributed by atoms with Gasteiger partial charge in [0.2, 0.25) is 0 Å². The fraction of sp³-hybridized carbons (Fsp3) is 0.828. The molecule has 0 spiro atoms. The Morgan fingerprint density at radius 3 is 2.58 bits per heavy atom. The number of fused-ring (bicyclic) bond motifs is 5. The average Bonchev–Trinajstić information content (AvgIpc) is 3.07. The van der Waals surface area contributed by atoms with Gasteiger partial charge in [-0.15, -0.1) is 0 Å². The van der Waals surface area contributed by atoms with E-state index in [1.54, 1.807) is 0 Å². The van der Waals surface area contributed by atoms with E-state index >= 15 is 0 Å². The summed E-state index contributed by atoms with van der Waals surface area (Å²) in [6.45, 7) is 4.21. The molecule has 38 heavy (non-hydrogen) atoms. The number of esters is 1. The summed E-state index contributed by atoms with van der Waals surface area (Å²) in [6, 6.07) is 0. The van der Waals surface area contributed by atoms with Crippen molar-refractivity contribution in [2.75, 3.05) is 6.61 Å². The summed E-state index contributed by atoms with van der Waals surface area (Å²) in [7, 11) is 0. The first kappa shape index (κ1) is 29.2. The molecule has 0 bridgehead atoms.